The molecule has 17 heavy (non-hydrogen) atoms. The average molecular weight is 240 g/mol. The molecule has 100 valence electrons. The lowest BCUT2D eigenvalue weighted by Gasteiger charge is -2.43. The Morgan fingerprint density at radius 2 is 1.53 bits per heavy atom. The van der Waals surface area contributed by atoms with Gasteiger partial charge in [-0.15, -0.1) is 0 Å². The monoisotopic (exact) mass is 240 g/mol. The van der Waals surface area contributed by atoms with Crippen molar-refractivity contribution in [1.29, 1.82) is 0 Å². The number of piperazine rings is 1. The van der Waals surface area contributed by atoms with E-state index < -0.39 is 0 Å². The molecule has 3 nitrogen and oxygen atoms in total. The number of β-amino-alcohol motifs (C(OH)–C–C–N with tert-alkyl or cyclic N) is 1. The highest BCUT2D eigenvalue weighted by Gasteiger charge is 2.34. The molecule has 0 aromatic heterocycles. The zero-order valence-electron chi connectivity index (χ0n) is 11.7. The molecule has 2 aliphatic rings. The van der Waals surface area contributed by atoms with Crippen LogP contribution in [-0.2, 0) is 0 Å². The Balaban J connectivity index is 1.79. The maximum Gasteiger partial charge on any atom is 0.0774 e. The molecular weight excluding hydrogens is 212 g/mol. The molecule has 0 amide bonds. The third-order valence-corrected chi connectivity index (χ3v) is 4.37. The van der Waals surface area contributed by atoms with E-state index in [9.17, 15) is 5.11 Å². The molecule has 0 atom stereocenters. The van der Waals surface area contributed by atoms with Gasteiger partial charge in [0.2, 0.25) is 0 Å². The third kappa shape index (κ3) is 3.43. The second-order valence-corrected chi connectivity index (χ2v) is 6.87. The summed E-state index contributed by atoms with van der Waals surface area (Å²) in [5.74, 6) is 0. The summed E-state index contributed by atoms with van der Waals surface area (Å²) in [6.45, 7) is 12.2. The Bertz CT molecular complexity index is 245. The van der Waals surface area contributed by atoms with Crippen LogP contribution in [0.25, 0.3) is 0 Å². The predicted molar refractivity (Wildman–Crippen MR) is 71.2 cm³/mol. The van der Waals surface area contributed by atoms with Crippen LogP contribution in [-0.4, -0.2) is 58.8 Å². The minimum absolute atomic E-state index is 0.288. The summed E-state index contributed by atoms with van der Waals surface area (Å²) in [5, 5.41) is 10.4. The zero-order valence-corrected chi connectivity index (χ0v) is 11.7. The largest absolute Gasteiger partial charge is 0.389 e. The number of hydrogen-bond acceptors (Lipinski definition) is 3. The summed E-state index contributed by atoms with van der Waals surface area (Å²) in [4.78, 5) is 5.00. The molecule has 0 unspecified atom stereocenters. The molecule has 1 aliphatic heterocycles. The summed E-state index contributed by atoms with van der Waals surface area (Å²) in [6.07, 6.45) is 4.43. The summed E-state index contributed by atoms with van der Waals surface area (Å²) < 4.78 is 0. The van der Waals surface area contributed by atoms with E-state index in [1.165, 1.54) is 12.8 Å². The molecule has 1 aliphatic carbocycles. The molecule has 0 aromatic rings. The van der Waals surface area contributed by atoms with Crippen LogP contribution in [0.3, 0.4) is 0 Å². The van der Waals surface area contributed by atoms with Crippen molar-refractivity contribution in [3.8, 4) is 0 Å². The van der Waals surface area contributed by atoms with Crippen molar-refractivity contribution >= 4 is 0 Å². The molecular formula is C14H28N2O. The Morgan fingerprint density at radius 3 is 2.00 bits per heavy atom. The van der Waals surface area contributed by atoms with Gasteiger partial charge < -0.3 is 5.11 Å². The van der Waals surface area contributed by atoms with Crippen LogP contribution in [0, 0.1) is 0 Å². The van der Waals surface area contributed by atoms with Crippen LogP contribution in [0.1, 0.15) is 46.5 Å². The first-order valence-corrected chi connectivity index (χ1v) is 7.09. The van der Waals surface area contributed by atoms with Crippen molar-refractivity contribution in [2.45, 2.75) is 57.6 Å². The van der Waals surface area contributed by atoms with Crippen molar-refractivity contribution in [3.05, 3.63) is 0 Å². The van der Waals surface area contributed by atoms with Gasteiger partial charge in [-0.05, 0) is 33.6 Å². The van der Waals surface area contributed by atoms with E-state index in [2.05, 4.69) is 30.6 Å². The van der Waals surface area contributed by atoms with Crippen molar-refractivity contribution in [2.24, 2.45) is 0 Å². The van der Waals surface area contributed by atoms with Crippen molar-refractivity contribution < 1.29 is 5.11 Å². The number of hydrogen-bond donors (Lipinski definition) is 1. The Morgan fingerprint density at radius 1 is 1.00 bits per heavy atom. The fraction of sp³-hybridized carbons (Fsp3) is 1.00. The number of aliphatic hydroxyl groups is 1. The molecule has 3 heteroatoms. The van der Waals surface area contributed by atoms with Gasteiger partial charge in [-0.3, -0.25) is 9.80 Å². The van der Waals surface area contributed by atoms with E-state index in [0.29, 0.717) is 0 Å². The van der Waals surface area contributed by atoms with E-state index in [1.807, 2.05) is 0 Å². The molecule has 1 heterocycles. The normalized spacial score (nSPS) is 27.5. The van der Waals surface area contributed by atoms with Crippen molar-refractivity contribution in [1.82, 2.24) is 9.80 Å². The second kappa shape index (κ2) is 4.87. The van der Waals surface area contributed by atoms with Crippen LogP contribution < -0.4 is 0 Å². The first-order valence-electron chi connectivity index (χ1n) is 7.09. The Hall–Kier alpha value is -0.120. The van der Waals surface area contributed by atoms with E-state index in [-0.39, 0.29) is 11.1 Å². The van der Waals surface area contributed by atoms with Gasteiger partial charge in [0.25, 0.3) is 0 Å². The maximum atomic E-state index is 10.4. The van der Waals surface area contributed by atoms with E-state index >= 15 is 0 Å². The molecule has 2 fully saturated rings. The van der Waals surface area contributed by atoms with Crippen LogP contribution in [0.4, 0.5) is 0 Å². The fourth-order valence-electron chi connectivity index (χ4n) is 3.18. The van der Waals surface area contributed by atoms with E-state index in [0.717, 1.165) is 45.6 Å². The lowest BCUT2D eigenvalue weighted by Crippen LogP contribution is -2.55. The van der Waals surface area contributed by atoms with Gasteiger partial charge in [-0.25, -0.2) is 0 Å². The SMILES string of the molecule is CC(C)(C)N1CCN(CC2(O)CCCC2)CC1. The molecule has 1 saturated heterocycles. The lowest BCUT2D eigenvalue weighted by molar-refractivity contribution is -0.0154. The van der Waals surface area contributed by atoms with Crippen molar-refractivity contribution in [2.75, 3.05) is 32.7 Å². The smallest absolute Gasteiger partial charge is 0.0774 e. The third-order valence-electron chi connectivity index (χ3n) is 4.37. The maximum absolute atomic E-state index is 10.4. The van der Waals surface area contributed by atoms with E-state index in [1.54, 1.807) is 0 Å². The molecule has 1 saturated carbocycles. The summed E-state index contributed by atoms with van der Waals surface area (Å²) in [7, 11) is 0. The topological polar surface area (TPSA) is 26.7 Å². The minimum Gasteiger partial charge on any atom is -0.389 e. The van der Waals surface area contributed by atoms with Crippen LogP contribution in [0.15, 0.2) is 0 Å². The van der Waals surface area contributed by atoms with Crippen LogP contribution in [0.2, 0.25) is 0 Å². The quantitative estimate of drug-likeness (QED) is 0.796. The lowest BCUT2D eigenvalue weighted by atomic mass is 10.0. The van der Waals surface area contributed by atoms with Gasteiger partial charge in [0, 0.05) is 38.3 Å². The van der Waals surface area contributed by atoms with Gasteiger partial charge in [0.1, 0.15) is 0 Å². The highest BCUT2D eigenvalue weighted by molar-refractivity contribution is 4.90. The summed E-state index contributed by atoms with van der Waals surface area (Å²) in [6, 6.07) is 0. The standard InChI is InChI=1S/C14H28N2O/c1-13(2,3)16-10-8-15(9-11-16)12-14(17)6-4-5-7-14/h17H,4-12H2,1-3H3. The molecule has 0 spiro atoms. The van der Waals surface area contributed by atoms with Gasteiger partial charge in [0.05, 0.1) is 5.60 Å². The van der Waals surface area contributed by atoms with Crippen LogP contribution >= 0.6 is 0 Å². The minimum atomic E-state index is -0.371. The first kappa shape index (κ1) is 13.3. The van der Waals surface area contributed by atoms with E-state index in [4.69, 9.17) is 0 Å². The summed E-state index contributed by atoms with van der Waals surface area (Å²) >= 11 is 0. The second-order valence-electron chi connectivity index (χ2n) is 6.87. The molecule has 0 radical (unpaired) electrons. The molecule has 0 aromatic carbocycles. The highest BCUT2D eigenvalue weighted by Crippen LogP contribution is 2.30. The Kier molecular flexibility index (Phi) is 3.81. The van der Waals surface area contributed by atoms with Gasteiger partial charge in [-0.1, -0.05) is 12.8 Å². The van der Waals surface area contributed by atoms with Gasteiger partial charge in [-0.2, -0.15) is 0 Å². The Labute approximate surface area is 106 Å². The van der Waals surface area contributed by atoms with Crippen molar-refractivity contribution in [3.63, 3.8) is 0 Å². The summed E-state index contributed by atoms with van der Waals surface area (Å²) in [5.41, 5.74) is -0.0831. The zero-order chi connectivity index (χ0) is 12.5. The van der Waals surface area contributed by atoms with Gasteiger partial charge >= 0.3 is 0 Å². The molecule has 2 rings (SSSR count). The molecule has 1 N–H and O–H groups in total. The fourth-order valence-corrected chi connectivity index (χ4v) is 3.18. The molecule has 0 bridgehead atoms. The van der Waals surface area contributed by atoms with Gasteiger partial charge in [0.15, 0.2) is 0 Å². The highest BCUT2D eigenvalue weighted by atomic mass is 16.3. The first-order chi connectivity index (χ1) is 7.89. The predicted octanol–water partition coefficient (Wildman–Crippen LogP) is 1.71. The number of nitrogens with zero attached hydrogens (tertiary/aromatic N) is 2. The average Bonchev–Trinajstić information content (AvgIpc) is 2.64. The van der Waals surface area contributed by atoms with Crippen LogP contribution in [0.5, 0.6) is 0 Å². The number of rotatable bonds is 2.